The summed E-state index contributed by atoms with van der Waals surface area (Å²) in [5, 5.41) is 11.8. The molecule has 36 heavy (non-hydrogen) atoms. The summed E-state index contributed by atoms with van der Waals surface area (Å²) in [5.41, 5.74) is 4.12. The Labute approximate surface area is 213 Å². The van der Waals surface area contributed by atoms with Crippen molar-refractivity contribution < 1.29 is 19.4 Å². The summed E-state index contributed by atoms with van der Waals surface area (Å²) in [5.74, 6) is -0.844. The van der Waals surface area contributed by atoms with E-state index in [9.17, 15) is 14.7 Å². The van der Waals surface area contributed by atoms with Crippen LogP contribution in [-0.4, -0.2) is 28.9 Å². The zero-order valence-corrected chi connectivity index (χ0v) is 21.3. The molecule has 1 fully saturated rings. The van der Waals surface area contributed by atoms with E-state index in [-0.39, 0.29) is 11.3 Å². The molecule has 182 valence electrons. The van der Waals surface area contributed by atoms with E-state index < -0.39 is 17.7 Å². The second kappa shape index (κ2) is 9.24. The molecule has 2 heterocycles. The number of aliphatic hydroxyl groups excluding tert-OH is 1. The Hall–Kier alpha value is -3.97. The fraction of sp³-hybridized carbons (Fsp3) is 0.207. The van der Waals surface area contributed by atoms with Crippen molar-refractivity contribution in [3.63, 3.8) is 0 Å². The number of thiazole rings is 1. The molecule has 5 rings (SSSR count). The van der Waals surface area contributed by atoms with Crippen molar-refractivity contribution in [2.45, 2.75) is 32.7 Å². The van der Waals surface area contributed by atoms with Crippen LogP contribution in [0.4, 0.5) is 5.13 Å². The monoisotopic (exact) mass is 498 g/mol. The molecule has 4 aromatic rings. The summed E-state index contributed by atoms with van der Waals surface area (Å²) in [7, 11) is 1.53. The molecule has 1 amide bonds. The summed E-state index contributed by atoms with van der Waals surface area (Å²) in [6.45, 7) is 6.20. The molecule has 3 aromatic carbocycles. The number of aliphatic hydroxyl groups is 1. The van der Waals surface area contributed by atoms with Crippen LogP contribution in [0.5, 0.6) is 5.75 Å². The molecule has 0 spiro atoms. The van der Waals surface area contributed by atoms with Gasteiger partial charge >= 0.3 is 5.91 Å². The van der Waals surface area contributed by atoms with Gasteiger partial charge in [-0.25, -0.2) is 4.98 Å². The maximum Gasteiger partial charge on any atom is 0.301 e. The molecule has 7 heteroatoms. The lowest BCUT2D eigenvalue weighted by atomic mass is 9.93. The highest BCUT2D eigenvalue weighted by Crippen LogP contribution is 2.44. The predicted molar refractivity (Wildman–Crippen MR) is 143 cm³/mol. The number of carbonyl (C=O) groups excluding carboxylic acids is 2. The number of nitrogens with zero attached hydrogens (tertiary/aromatic N) is 2. The number of amides is 1. The molecule has 1 aliphatic rings. The van der Waals surface area contributed by atoms with Gasteiger partial charge in [0, 0.05) is 5.56 Å². The Balaban J connectivity index is 1.72. The topological polar surface area (TPSA) is 79.7 Å². The molecule has 1 N–H and O–H groups in total. The molecule has 6 nitrogen and oxygen atoms in total. The minimum Gasteiger partial charge on any atom is -0.507 e. The van der Waals surface area contributed by atoms with E-state index in [1.165, 1.54) is 23.3 Å². The molecular weight excluding hydrogens is 472 g/mol. The third kappa shape index (κ3) is 4.05. The number of rotatable bonds is 5. The zero-order valence-electron chi connectivity index (χ0n) is 20.5. The highest BCUT2D eigenvalue weighted by Gasteiger charge is 2.48. The Morgan fingerprint density at radius 1 is 1.06 bits per heavy atom. The number of methoxy groups -OCH3 is 1. The molecule has 1 atom stereocenters. The third-order valence-corrected chi connectivity index (χ3v) is 7.46. The first kappa shape index (κ1) is 23.8. The van der Waals surface area contributed by atoms with Gasteiger partial charge in [-0.1, -0.05) is 67.6 Å². The van der Waals surface area contributed by atoms with Gasteiger partial charge in [-0.3, -0.25) is 14.5 Å². The second-order valence-electron chi connectivity index (χ2n) is 9.19. The number of benzene rings is 3. The Bertz CT molecular complexity index is 1520. The van der Waals surface area contributed by atoms with E-state index in [1.807, 2.05) is 49.4 Å². The molecule has 0 aliphatic carbocycles. The van der Waals surface area contributed by atoms with Crippen LogP contribution in [0, 0.1) is 6.92 Å². The summed E-state index contributed by atoms with van der Waals surface area (Å²) >= 11 is 1.35. The smallest absolute Gasteiger partial charge is 0.301 e. The zero-order chi connectivity index (χ0) is 25.6. The van der Waals surface area contributed by atoms with E-state index in [0.29, 0.717) is 22.4 Å². The van der Waals surface area contributed by atoms with Crippen LogP contribution in [0.25, 0.3) is 16.0 Å². The molecule has 1 aliphatic heterocycles. The van der Waals surface area contributed by atoms with E-state index in [2.05, 4.69) is 18.8 Å². The number of hydrogen-bond donors (Lipinski definition) is 1. The van der Waals surface area contributed by atoms with Gasteiger partial charge in [-0.05, 0) is 53.8 Å². The average molecular weight is 499 g/mol. The fourth-order valence-electron chi connectivity index (χ4n) is 4.46. The van der Waals surface area contributed by atoms with Gasteiger partial charge in [0.1, 0.15) is 11.5 Å². The fourth-order valence-corrected chi connectivity index (χ4v) is 5.55. The number of hydrogen-bond acceptors (Lipinski definition) is 6. The minimum absolute atomic E-state index is 0.0287. The molecule has 0 saturated carbocycles. The first-order chi connectivity index (χ1) is 17.3. The van der Waals surface area contributed by atoms with E-state index in [1.54, 1.807) is 24.3 Å². The Morgan fingerprint density at radius 3 is 2.50 bits per heavy atom. The van der Waals surface area contributed by atoms with Gasteiger partial charge in [-0.15, -0.1) is 0 Å². The van der Waals surface area contributed by atoms with Crippen molar-refractivity contribution in [2.75, 3.05) is 12.0 Å². The summed E-state index contributed by atoms with van der Waals surface area (Å²) in [6, 6.07) is 19.7. The van der Waals surface area contributed by atoms with Crippen molar-refractivity contribution in [3.05, 3.63) is 94.6 Å². The number of aryl methyl sites for hydroxylation is 1. The lowest BCUT2D eigenvalue weighted by Crippen LogP contribution is -2.29. The molecule has 0 unspecified atom stereocenters. The largest absolute Gasteiger partial charge is 0.507 e. The van der Waals surface area contributed by atoms with Gasteiger partial charge in [0.25, 0.3) is 5.78 Å². The number of carbonyl (C=O) groups is 2. The number of fused-ring (bicyclic) bond motifs is 1. The van der Waals surface area contributed by atoms with Gasteiger partial charge < -0.3 is 9.84 Å². The molecule has 1 aromatic heterocycles. The summed E-state index contributed by atoms with van der Waals surface area (Å²) < 4.78 is 6.22. The third-order valence-electron chi connectivity index (χ3n) is 6.45. The normalized spacial score (nSPS) is 17.4. The van der Waals surface area contributed by atoms with Gasteiger partial charge in [-0.2, -0.15) is 0 Å². The van der Waals surface area contributed by atoms with Crippen molar-refractivity contribution in [1.82, 2.24) is 4.98 Å². The predicted octanol–water partition coefficient (Wildman–Crippen LogP) is 6.36. The number of Topliss-reactive ketones (excluding diaryl/α,β-unsaturated/α-hetero) is 1. The highest BCUT2D eigenvalue weighted by atomic mass is 32.1. The van der Waals surface area contributed by atoms with Crippen molar-refractivity contribution in [2.24, 2.45) is 0 Å². The number of anilines is 1. The summed E-state index contributed by atoms with van der Waals surface area (Å²) in [4.78, 5) is 33.0. The van der Waals surface area contributed by atoms with Crippen LogP contribution in [0.2, 0.25) is 0 Å². The lowest BCUT2D eigenvalue weighted by Gasteiger charge is -2.23. The number of ether oxygens (including phenoxy) is 1. The van der Waals surface area contributed by atoms with Gasteiger partial charge in [0.15, 0.2) is 5.13 Å². The molecule has 0 radical (unpaired) electrons. The van der Waals surface area contributed by atoms with E-state index in [4.69, 9.17) is 4.74 Å². The quantitative estimate of drug-likeness (QED) is 0.197. The van der Waals surface area contributed by atoms with Crippen LogP contribution >= 0.6 is 11.3 Å². The van der Waals surface area contributed by atoms with Crippen LogP contribution in [0.1, 0.15) is 48.1 Å². The highest BCUT2D eigenvalue weighted by molar-refractivity contribution is 7.22. The maximum atomic E-state index is 13.5. The minimum atomic E-state index is -0.820. The Morgan fingerprint density at radius 2 is 1.81 bits per heavy atom. The number of aromatic nitrogens is 1. The second-order valence-corrected chi connectivity index (χ2v) is 10.2. The number of ketones is 1. The van der Waals surface area contributed by atoms with Crippen LogP contribution in [0.3, 0.4) is 0 Å². The molecular formula is C29H26N2O4S. The van der Waals surface area contributed by atoms with Crippen molar-refractivity contribution in [1.29, 1.82) is 0 Å². The van der Waals surface area contributed by atoms with E-state index in [0.717, 1.165) is 26.9 Å². The first-order valence-corrected chi connectivity index (χ1v) is 12.5. The molecule has 1 saturated heterocycles. The SMILES string of the molecule is COc1cccc(/C(O)=C2\C(=O)C(=O)N(c3nc4ccc(C)cc4s3)[C@@H]2c2ccc(C(C)C)cc2)c1. The van der Waals surface area contributed by atoms with Crippen LogP contribution < -0.4 is 9.64 Å². The van der Waals surface area contributed by atoms with Gasteiger partial charge in [0.05, 0.1) is 28.9 Å². The summed E-state index contributed by atoms with van der Waals surface area (Å²) in [6.07, 6.45) is 0. The first-order valence-electron chi connectivity index (χ1n) is 11.7. The van der Waals surface area contributed by atoms with Crippen molar-refractivity contribution >= 4 is 44.1 Å². The van der Waals surface area contributed by atoms with E-state index >= 15 is 0 Å². The van der Waals surface area contributed by atoms with Crippen molar-refractivity contribution in [3.8, 4) is 5.75 Å². The lowest BCUT2D eigenvalue weighted by molar-refractivity contribution is -0.132. The van der Waals surface area contributed by atoms with Gasteiger partial charge in [0.2, 0.25) is 0 Å². The standard InChI is InChI=1S/C29H26N2O4S/c1-16(2)18-9-11-19(12-10-18)25-24(26(32)20-6-5-7-21(15-20)35-4)27(33)28(34)31(25)29-30-22-13-8-17(3)14-23(22)36-29/h5-16,25,32H,1-4H3/b26-24+/t25-/m1/s1. The average Bonchev–Trinajstić information content (AvgIpc) is 3.41. The molecule has 0 bridgehead atoms. The van der Waals surface area contributed by atoms with Crippen LogP contribution in [-0.2, 0) is 9.59 Å². The maximum absolute atomic E-state index is 13.5. The Kier molecular flexibility index (Phi) is 6.10. The van der Waals surface area contributed by atoms with Crippen LogP contribution in [0.15, 0.2) is 72.3 Å².